The SMILES string of the molecule is CC(=NCCc1c[nH]c2ccccc12)c1c(O)n(CCC2=CCCCC2)c(=O)[nH]c1=O. The van der Waals surface area contributed by atoms with Crippen molar-refractivity contribution >= 4 is 16.6 Å². The van der Waals surface area contributed by atoms with E-state index in [2.05, 4.69) is 27.1 Å². The zero-order valence-electron chi connectivity index (χ0n) is 17.8. The minimum Gasteiger partial charge on any atom is -0.494 e. The van der Waals surface area contributed by atoms with Crippen molar-refractivity contribution in [2.45, 2.75) is 52.0 Å². The zero-order chi connectivity index (χ0) is 21.8. The van der Waals surface area contributed by atoms with Gasteiger partial charge in [0.15, 0.2) is 0 Å². The summed E-state index contributed by atoms with van der Waals surface area (Å²) in [6, 6.07) is 8.07. The first-order valence-corrected chi connectivity index (χ1v) is 10.8. The van der Waals surface area contributed by atoms with E-state index in [9.17, 15) is 14.7 Å². The lowest BCUT2D eigenvalue weighted by Gasteiger charge is -2.15. The van der Waals surface area contributed by atoms with Crippen LogP contribution >= 0.6 is 0 Å². The minimum atomic E-state index is -0.607. The number of aromatic hydroxyl groups is 1. The Morgan fingerprint density at radius 2 is 2.03 bits per heavy atom. The highest BCUT2D eigenvalue weighted by Gasteiger charge is 2.17. The molecule has 3 aromatic rings. The second kappa shape index (κ2) is 9.20. The third-order valence-electron chi connectivity index (χ3n) is 5.98. The highest BCUT2D eigenvalue weighted by molar-refractivity contribution is 6.00. The number of hydrogen-bond acceptors (Lipinski definition) is 4. The highest BCUT2D eigenvalue weighted by atomic mass is 16.3. The van der Waals surface area contributed by atoms with Gasteiger partial charge in [-0.3, -0.25) is 19.3 Å². The molecule has 2 aromatic heterocycles. The first-order valence-electron chi connectivity index (χ1n) is 10.8. The molecule has 31 heavy (non-hydrogen) atoms. The number of aromatic nitrogens is 3. The maximum atomic E-state index is 12.4. The standard InChI is InChI=1S/C24H28N4O3/c1-16(25-13-11-18-15-26-20-10-6-5-9-19(18)20)21-22(29)27-24(31)28(23(21)30)14-12-17-7-3-2-4-8-17/h5-7,9-10,15,26,30H,2-4,8,11-14H2,1H3,(H,27,29,31). The Kier molecular flexibility index (Phi) is 6.21. The van der Waals surface area contributed by atoms with E-state index in [-0.39, 0.29) is 11.4 Å². The second-order valence-corrected chi connectivity index (χ2v) is 8.04. The molecule has 0 spiro atoms. The van der Waals surface area contributed by atoms with Gasteiger partial charge in [-0.15, -0.1) is 0 Å². The molecule has 3 N–H and O–H groups in total. The van der Waals surface area contributed by atoms with Gasteiger partial charge in [0.1, 0.15) is 5.56 Å². The van der Waals surface area contributed by atoms with Crippen molar-refractivity contribution in [1.29, 1.82) is 0 Å². The molecule has 4 rings (SSSR count). The predicted octanol–water partition coefficient (Wildman–Crippen LogP) is 3.67. The van der Waals surface area contributed by atoms with Crippen molar-refractivity contribution in [3.63, 3.8) is 0 Å². The van der Waals surface area contributed by atoms with E-state index in [1.807, 2.05) is 24.4 Å². The Labute approximate surface area is 180 Å². The molecule has 0 saturated heterocycles. The number of aromatic amines is 2. The second-order valence-electron chi connectivity index (χ2n) is 8.04. The number of hydrogen-bond donors (Lipinski definition) is 3. The summed E-state index contributed by atoms with van der Waals surface area (Å²) in [5, 5.41) is 11.9. The van der Waals surface area contributed by atoms with E-state index in [0.29, 0.717) is 31.6 Å². The number of aliphatic imine (C=N–C) groups is 1. The van der Waals surface area contributed by atoms with Gasteiger partial charge >= 0.3 is 5.69 Å². The number of nitrogens with zero attached hydrogens (tertiary/aromatic N) is 2. The van der Waals surface area contributed by atoms with Gasteiger partial charge < -0.3 is 10.1 Å². The lowest BCUT2D eigenvalue weighted by molar-refractivity contribution is 0.397. The first-order chi connectivity index (χ1) is 15.0. The van der Waals surface area contributed by atoms with Crippen LogP contribution in [0.25, 0.3) is 10.9 Å². The Bertz CT molecular complexity index is 1260. The van der Waals surface area contributed by atoms with Crippen molar-refractivity contribution in [2.24, 2.45) is 4.99 Å². The normalized spacial score (nSPS) is 14.7. The number of rotatable bonds is 7. The van der Waals surface area contributed by atoms with Crippen LogP contribution in [0.1, 0.15) is 50.2 Å². The van der Waals surface area contributed by atoms with Crippen LogP contribution in [0.2, 0.25) is 0 Å². The molecule has 1 aromatic carbocycles. The van der Waals surface area contributed by atoms with E-state index >= 15 is 0 Å². The molecule has 0 bridgehead atoms. The number of allylic oxidation sites excluding steroid dienone is 2. The molecule has 0 radical (unpaired) electrons. The molecule has 2 heterocycles. The van der Waals surface area contributed by atoms with Crippen LogP contribution < -0.4 is 11.2 Å². The zero-order valence-corrected chi connectivity index (χ0v) is 17.8. The quantitative estimate of drug-likeness (QED) is 0.401. The fourth-order valence-electron chi connectivity index (χ4n) is 4.24. The Balaban J connectivity index is 1.52. The van der Waals surface area contributed by atoms with E-state index in [1.165, 1.54) is 16.6 Å². The largest absolute Gasteiger partial charge is 0.494 e. The van der Waals surface area contributed by atoms with Crippen LogP contribution in [0, 0.1) is 0 Å². The molecule has 0 aliphatic heterocycles. The monoisotopic (exact) mass is 420 g/mol. The number of nitrogens with one attached hydrogen (secondary N) is 2. The van der Waals surface area contributed by atoms with Crippen molar-refractivity contribution in [2.75, 3.05) is 6.54 Å². The summed E-state index contributed by atoms with van der Waals surface area (Å²) < 4.78 is 1.24. The third-order valence-corrected chi connectivity index (χ3v) is 5.98. The Morgan fingerprint density at radius 1 is 1.19 bits per heavy atom. The predicted molar refractivity (Wildman–Crippen MR) is 123 cm³/mol. The maximum absolute atomic E-state index is 12.4. The highest BCUT2D eigenvalue weighted by Crippen LogP contribution is 2.22. The lowest BCUT2D eigenvalue weighted by Crippen LogP contribution is -2.33. The van der Waals surface area contributed by atoms with Crippen molar-refractivity contribution < 1.29 is 5.11 Å². The molecular formula is C24H28N4O3. The molecular weight excluding hydrogens is 392 g/mol. The minimum absolute atomic E-state index is 0.0659. The summed E-state index contributed by atoms with van der Waals surface area (Å²) in [6.45, 7) is 2.50. The van der Waals surface area contributed by atoms with Crippen LogP contribution in [-0.4, -0.2) is 31.9 Å². The van der Waals surface area contributed by atoms with E-state index in [4.69, 9.17) is 0 Å². The molecule has 7 nitrogen and oxygen atoms in total. The van der Waals surface area contributed by atoms with Crippen molar-refractivity contribution in [3.8, 4) is 5.88 Å². The van der Waals surface area contributed by atoms with Gasteiger partial charge in [-0.25, -0.2) is 4.79 Å². The fraction of sp³-hybridized carbons (Fsp3) is 0.375. The van der Waals surface area contributed by atoms with Crippen molar-refractivity contribution in [1.82, 2.24) is 14.5 Å². The van der Waals surface area contributed by atoms with Crippen LogP contribution in [0.5, 0.6) is 5.88 Å². The van der Waals surface area contributed by atoms with E-state index in [0.717, 1.165) is 35.7 Å². The van der Waals surface area contributed by atoms with Gasteiger partial charge in [0, 0.05) is 35.9 Å². The number of benzene rings is 1. The van der Waals surface area contributed by atoms with Gasteiger partial charge in [0.05, 0.1) is 0 Å². The average Bonchev–Trinajstić information content (AvgIpc) is 3.17. The van der Waals surface area contributed by atoms with Gasteiger partial charge in [-0.05, 0) is 57.1 Å². The van der Waals surface area contributed by atoms with Crippen LogP contribution in [0.4, 0.5) is 0 Å². The van der Waals surface area contributed by atoms with Gasteiger partial charge in [-0.2, -0.15) is 0 Å². The molecule has 0 amide bonds. The summed E-state index contributed by atoms with van der Waals surface area (Å²) in [5.41, 5.74) is 2.82. The smallest absolute Gasteiger partial charge is 0.331 e. The van der Waals surface area contributed by atoms with Crippen molar-refractivity contribution in [3.05, 3.63) is 74.1 Å². The molecule has 0 fully saturated rings. The van der Waals surface area contributed by atoms with Gasteiger partial charge in [0.2, 0.25) is 5.88 Å². The van der Waals surface area contributed by atoms with Crippen LogP contribution in [0.15, 0.2) is 56.7 Å². The van der Waals surface area contributed by atoms with E-state index < -0.39 is 11.2 Å². The topological polar surface area (TPSA) is 103 Å². The van der Waals surface area contributed by atoms with E-state index in [1.54, 1.807) is 6.92 Å². The molecule has 0 saturated carbocycles. The summed E-state index contributed by atoms with van der Waals surface area (Å²) in [4.78, 5) is 34.8. The summed E-state index contributed by atoms with van der Waals surface area (Å²) >= 11 is 0. The number of para-hydroxylation sites is 1. The maximum Gasteiger partial charge on any atom is 0.331 e. The Morgan fingerprint density at radius 3 is 2.84 bits per heavy atom. The van der Waals surface area contributed by atoms with Crippen LogP contribution in [-0.2, 0) is 13.0 Å². The molecule has 0 unspecified atom stereocenters. The number of H-pyrrole nitrogens is 2. The van der Waals surface area contributed by atoms with Crippen LogP contribution in [0.3, 0.4) is 0 Å². The molecule has 1 aliphatic carbocycles. The summed E-state index contributed by atoms with van der Waals surface area (Å²) in [5.74, 6) is -0.307. The van der Waals surface area contributed by atoms with Gasteiger partial charge in [0.25, 0.3) is 5.56 Å². The molecule has 7 heteroatoms. The third kappa shape index (κ3) is 4.55. The molecule has 1 aliphatic rings. The van der Waals surface area contributed by atoms with Gasteiger partial charge in [-0.1, -0.05) is 29.8 Å². The number of fused-ring (bicyclic) bond motifs is 1. The first kappa shape index (κ1) is 20.9. The average molecular weight is 421 g/mol. The lowest BCUT2D eigenvalue weighted by atomic mass is 9.97. The molecule has 0 atom stereocenters. The Hall–Kier alpha value is -3.35. The summed E-state index contributed by atoms with van der Waals surface area (Å²) in [6.07, 6.45) is 10.0. The molecule has 162 valence electrons. The fourth-order valence-corrected chi connectivity index (χ4v) is 4.24. The summed E-state index contributed by atoms with van der Waals surface area (Å²) in [7, 11) is 0.